The summed E-state index contributed by atoms with van der Waals surface area (Å²) in [4.78, 5) is 10.8. The molecule has 3 N–H and O–H groups in total. The molecule has 10 heavy (non-hydrogen) atoms. The summed E-state index contributed by atoms with van der Waals surface area (Å²) in [7, 11) is 1.30. The molecule has 58 valence electrons. The number of rotatable bonds is 2. The molecule has 0 radical (unpaired) electrons. The molecule has 0 aromatic carbocycles. The van der Waals surface area contributed by atoms with Crippen LogP contribution in [0.25, 0.3) is 0 Å². The van der Waals surface area contributed by atoms with Gasteiger partial charge < -0.3 is 15.6 Å². The highest BCUT2D eigenvalue weighted by atomic mass is 16.5. The molecule has 4 nitrogen and oxygen atoms in total. The first-order chi connectivity index (χ1) is 4.65. The van der Waals surface area contributed by atoms with Gasteiger partial charge in [-0.15, -0.1) is 0 Å². The van der Waals surface area contributed by atoms with Gasteiger partial charge in [0.25, 0.3) is 0 Å². The number of carbonyl (C=O) groups is 1. The monoisotopic (exact) mass is 145 g/mol. The van der Waals surface area contributed by atoms with Gasteiger partial charge >= 0.3 is 5.97 Å². The number of aliphatic hydroxyl groups is 1. The van der Waals surface area contributed by atoms with Crippen molar-refractivity contribution < 1.29 is 14.6 Å². The van der Waals surface area contributed by atoms with Gasteiger partial charge in [-0.1, -0.05) is 0 Å². The van der Waals surface area contributed by atoms with E-state index in [0.29, 0.717) is 6.42 Å². The van der Waals surface area contributed by atoms with E-state index in [2.05, 4.69) is 4.74 Å². The molecule has 0 aliphatic heterocycles. The summed E-state index contributed by atoms with van der Waals surface area (Å²) >= 11 is 0. The maximum atomic E-state index is 10.8. The van der Waals surface area contributed by atoms with Gasteiger partial charge in [0, 0.05) is 12.5 Å². The summed E-state index contributed by atoms with van der Waals surface area (Å²) in [6, 6.07) is 0. The van der Waals surface area contributed by atoms with Crippen LogP contribution in [0.1, 0.15) is 6.42 Å². The number of methoxy groups -OCH3 is 1. The van der Waals surface area contributed by atoms with E-state index in [0.717, 1.165) is 0 Å². The van der Waals surface area contributed by atoms with Crippen LogP contribution in [0, 0.1) is 5.92 Å². The van der Waals surface area contributed by atoms with Gasteiger partial charge in [0.1, 0.15) is 5.54 Å². The standard InChI is InChI=1S/C6H11NO3/c1-10-5(9)6(7)2-4(6)3-8/h4,8H,2-3,7H2,1H3/t4-,6-/m1/s1. The highest BCUT2D eigenvalue weighted by Gasteiger charge is 2.57. The Kier molecular flexibility index (Phi) is 1.66. The molecule has 2 atom stereocenters. The predicted octanol–water partition coefficient (Wildman–Crippen LogP) is -1.13. The molecule has 0 heterocycles. The van der Waals surface area contributed by atoms with E-state index < -0.39 is 11.5 Å². The van der Waals surface area contributed by atoms with E-state index in [-0.39, 0.29) is 12.5 Å². The minimum atomic E-state index is -0.885. The third kappa shape index (κ3) is 0.892. The summed E-state index contributed by atoms with van der Waals surface area (Å²) in [5.74, 6) is -0.522. The van der Waals surface area contributed by atoms with Gasteiger partial charge in [0.15, 0.2) is 0 Å². The van der Waals surface area contributed by atoms with E-state index in [1.54, 1.807) is 0 Å². The van der Waals surface area contributed by atoms with Crippen LogP contribution in [-0.4, -0.2) is 30.3 Å². The predicted molar refractivity (Wildman–Crippen MR) is 34.1 cm³/mol. The van der Waals surface area contributed by atoms with Gasteiger partial charge in [0.05, 0.1) is 7.11 Å². The summed E-state index contributed by atoms with van der Waals surface area (Å²) < 4.78 is 4.43. The van der Waals surface area contributed by atoms with Crippen molar-refractivity contribution in [2.75, 3.05) is 13.7 Å². The van der Waals surface area contributed by atoms with Crippen LogP contribution in [0.5, 0.6) is 0 Å². The van der Waals surface area contributed by atoms with Gasteiger partial charge in [-0.2, -0.15) is 0 Å². The third-order valence-corrected chi connectivity index (χ3v) is 1.94. The molecule has 1 aliphatic carbocycles. The SMILES string of the molecule is COC(=O)[C@@]1(N)C[C@@H]1CO. The Labute approximate surface area is 59.0 Å². The van der Waals surface area contributed by atoms with Crippen LogP contribution in [0.15, 0.2) is 0 Å². The molecule has 0 aromatic heterocycles. The minimum Gasteiger partial charge on any atom is -0.468 e. The van der Waals surface area contributed by atoms with Crippen LogP contribution < -0.4 is 5.73 Å². The smallest absolute Gasteiger partial charge is 0.326 e. The molecule has 0 bridgehead atoms. The van der Waals surface area contributed by atoms with Gasteiger partial charge in [-0.25, -0.2) is 0 Å². The average molecular weight is 145 g/mol. The second-order valence-corrected chi connectivity index (χ2v) is 2.62. The fraction of sp³-hybridized carbons (Fsp3) is 0.833. The van der Waals surface area contributed by atoms with Crippen molar-refractivity contribution in [2.45, 2.75) is 12.0 Å². The first-order valence-corrected chi connectivity index (χ1v) is 3.13. The van der Waals surface area contributed by atoms with Crippen molar-refractivity contribution in [1.82, 2.24) is 0 Å². The molecule has 1 saturated carbocycles. The van der Waals surface area contributed by atoms with E-state index in [4.69, 9.17) is 10.8 Å². The molecule has 0 amide bonds. The van der Waals surface area contributed by atoms with Gasteiger partial charge in [0.2, 0.25) is 0 Å². The van der Waals surface area contributed by atoms with Crippen molar-refractivity contribution in [1.29, 1.82) is 0 Å². The quantitative estimate of drug-likeness (QED) is 0.482. The van der Waals surface area contributed by atoms with Gasteiger partial charge in [-0.3, -0.25) is 4.79 Å². The maximum Gasteiger partial charge on any atom is 0.326 e. The second-order valence-electron chi connectivity index (χ2n) is 2.62. The largest absolute Gasteiger partial charge is 0.468 e. The first kappa shape index (κ1) is 7.50. The summed E-state index contributed by atoms with van der Waals surface area (Å²) in [6.07, 6.45) is 0.538. The molecule has 0 unspecified atom stereocenters. The zero-order valence-corrected chi connectivity index (χ0v) is 5.83. The molecule has 1 rings (SSSR count). The van der Waals surface area contributed by atoms with Crippen LogP contribution in [0.2, 0.25) is 0 Å². The van der Waals surface area contributed by atoms with Crippen molar-refractivity contribution >= 4 is 5.97 Å². The lowest BCUT2D eigenvalue weighted by atomic mass is 10.2. The average Bonchev–Trinajstić information content (AvgIpc) is 2.61. The number of carbonyl (C=O) groups excluding carboxylic acids is 1. The van der Waals surface area contributed by atoms with Gasteiger partial charge in [-0.05, 0) is 6.42 Å². The van der Waals surface area contributed by atoms with E-state index in [9.17, 15) is 4.79 Å². The van der Waals surface area contributed by atoms with Crippen molar-refractivity contribution in [3.63, 3.8) is 0 Å². The Hall–Kier alpha value is -0.610. The lowest BCUT2D eigenvalue weighted by molar-refractivity contribution is -0.143. The first-order valence-electron chi connectivity index (χ1n) is 3.13. The fourth-order valence-corrected chi connectivity index (χ4v) is 1.02. The van der Waals surface area contributed by atoms with Crippen LogP contribution in [-0.2, 0) is 9.53 Å². The third-order valence-electron chi connectivity index (χ3n) is 1.94. The number of nitrogens with two attached hydrogens (primary N) is 1. The topological polar surface area (TPSA) is 72.5 Å². The minimum absolute atomic E-state index is 0.0361. The fourth-order valence-electron chi connectivity index (χ4n) is 1.02. The lowest BCUT2D eigenvalue weighted by Gasteiger charge is -2.05. The van der Waals surface area contributed by atoms with Crippen LogP contribution in [0.3, 0.4) is 0 Å². The molecule has 1 fully saturated rings. The normalized spacial score (nSPS) is 37.3. The van der Waals surface area contributed by atoms with E-state index in [1.807, 2.05) is 0 Å². The number of hydrogen-bond acceptors (Lipinski definition) is 4. The molecule has 4 heteroatoms. The van der Waals surface area contributed by atoms with E-state index >= 15 is 0 Å². The molecule has 0 saturated heterocycles. The lowest BCUT2D eigenvalue weighted by Crippen LogP contribution is -2.37. The van der Waals surface area contributed by atoms with Crippen molar-refractivity contribution in [2.24, 2.45) is 11.7 Å². The van der Waals surface area contributed by atoms with Crippen molar-refractivity contribution in [3.8, 4) is 0 Å². The van der Waals surface area contributed by atoms with Crippen LogP contribution in [0.4, 0.5) is 0 Å². The highest BCUT2D eigenvalue weighted by Crippen LogP contribution is 2.41. The Morgan fingerprint density at radius 3 is 2.90 bits per heavy atom. The molecule has 0 aromatic rings. The second kappa shape index (κ2) is 2.21. The summed E-state index contributed by atoms with van der Waals surface area (Å²) in [6.45, 7) is -0.0361. The van der Waals surface area contributed by atoms with E-state index in [1.165, 1.54) is 7.11 Å². The Morgan fingerprint density at radius 2 is 2.60 bits per heavy atom. The molecule has 1 aliphatic rings. The number of aliphatic hydroxyl groups excluding tert-OH is 1. The van der Waals surface area contributed by atoms with Crippen molar-refractivity contribution in [3.05, 3.63) is 0 Å². The Morgan fingerprint density at radius 1 is 2.00 bits per heavy atom. The number of ether oxygens (including phenoxy) is 1. The zero-order valence-electron chi connectivity index (χ0n) is 5.83. The Balaban J connectivity index is 2.50. The number of esters is 1. The molecule has 0 spiro atoms. The maximum absolute atomic E-state index is 10.8. The molecular weight excluding hydrogens is 134 g/mol. The summed E-state index contributed by atoms with van der Waals surface area (Å²) in [5, 5.41) is 8.60. The molecular formula is C6H11NO3. The van der Waals surface area contributed by atoms with Crippen LogP contribution >= 0.6 is 0 Å². The number of hydrogen-bond donors (Lipinski definition) is 2. The zero-order chi connectivity index (χ0) is 7.78. The summed E-state index contributed by atoms with van der Waals surface area (Å²) in [5.41, 5.74) is 4.64. The Bertz CT molecular complexity index is 159. The highest BCUT2D eigenvalue weighted by molar-refractivity contribution is 5.84.